The second-order valence-corrected chi connectivity index (χ2v) is 7.11. The van der Waals surface area contributed by atoms with Gasteiger partial charge in [0.15, 0.2) is 0 Å². The van der Waals surface area contributed by atoms with E-state index in [2.05, 4.69) is 10.6 Å². The molecule has 3 rings (SSSR count). The summed E-state index contributed by atoms with van der Waals surface area (Å²) in [6, 6.07) is 14.2. The van der Waals surface area contributed by atoms with E-state index in [0.29, 0.717) is 6.54 Å². The fraction of sp³-hybridized carbons (Fsp3) is 0.364. The molecule has 0 unspecified atom stereocenters. The van der Waals surface area contributed by atoms with E-state index in [1.54, 1.807) is 4.90 Å². The number of urea groups is 1. The van der Waals surface area contributed by atoms with E-state index in [1.165, 1.54) is 24.3 Å². The molecule has 0 saturated carbocycles. The largest absolute Gasteiger partial charge is 0.394 e. The van der Waals surface area contributed by atoms with Crippen LogP contribution < -0.4 is 10.6 Å². The van der Waals surface area contributed by atoms with Crippen LogP contribution in [0.5, 0.6) is 0 Å². The maximum Gasteiger partial charge on any atom is 0.318 e. The molecular formula is C22H26FN3O3. The lowest BCUT2D eigenvalue weighted by molar-refractivity contribution is -0.00687. The predicted molar refractivity (Wildman–Crippen MR) is 108 cm³/mol. The van der Waals surface area contributed by atoms with Crippen molar-refractivity contribution in [1.82, 2.24) is 15.5 Å². The number of carbonyl (C=O) groups excluding carboxylic acids is 2. The minimum atomic E-state index is -0.482. The zero-order valence-electron chi connectivity index (χ0n) is 16.3. The molecule has 154 valence electrons. The first-order valence-electron chi connectivity index (χ1n) is 9.82. The van der Waals surface area contributed by atoms with E-state index < -0.39 is 11.7 Å². The van der Waals surface area contributed by atoms with E-state index in [1.807, 2.05) is 37.3 Å². The summed E-state index contributed by atoms with van der Waals surface area (Å²) in [5, 5.41) is 15.6. The smallest absolute Gasteiger partial charge is 0.318 e. The molecule has 0 bridgehead atoms. The fourth-order valence-electron chi connectivity index (χ4n) is 3.85. The Morgan fingerprint density at radius 2 is 1.83 bits per heavy atom. The summed E-state index contributed by atoms with van der Waals surface area (Å²) in [4.78, 5) is 26.7. The van der Waals surface area contributed by atoms with Crippen molar-refractivity contribution in [2.24, 2.45) is 0 Å². The number of aliphatic hydroxyl groups is 1. The first kappa shape index (κ1) is 20.8. The van der Waals surface area contributed by atoms with Crippen LogP contribution in [0.15, 0.2) is 54.6 Å². The molecule has 1 fully saturated rings. The average Bonchev–Trinajstić information content (AvgIpc) is 2.72. The van der Waals surface area contributed by atoms with Crippen LogP contribution in [-0.4, -0.2) is 53.7 Å². The van der Waals surface area contributed by atoms with Crippen LogP contribution in [0.4, 0.5) is 9.18 Å². The van der Waals surface area contributed by atoms with Crippen LogP contribution in [0.25, 0.3) is 0 Å². The van der Waals surface area contributed by atoms with Crippen LogP contribution in [0.3, 0.4) is 0 Å². The second kappa shape index (κ2) is 9.52. The molecule has 6 nitrogen and oxygen atoms in total. The Morgan fingerprint density at radius 1 is 1.07 bits per heavy atom. The van der Waals surface area contributed by atoms with Gasteiger partial charge in [-0.1, -0.05) is 43.3 Å². The van der Waals surface area contributed by atoms with Crippen LogP contribution in [0, 0.1) is 5.82 Å². The molecule has 29 heavy (non-hydrogen) atoms. The SMILES string of the molecule is CCCNC(=O)N1[C@H](CO)[C@H](c2ccccc2)[C@@H]1CNC(=O)c1cccc(F)c1. The van der Waals surface area contributed by atoms with Gasteiger partial charge in [-0.2, -0.15) is 0 Å². The molecule has 1 heterocycles. The lowest BCUT2D eigenvalue weighted by Crippen LogP contribution is -2.70. The molecule has 1 aliphatic heterocycles. The Bertz CT molecular complexity index is 846. The van der Waals surface area contributed by atoms with E-state index in [4.69, 9.17) is 0 Å². The number of likely N-dealkylation sites (tertiary alicyclic amines) is 1. The van der Waals surface area contributed by atoms with Crippen LogP contribution >= 0.6 is 0 Å². The van der Waals surface area contributed by atoms with Crippen LogP contribution in [-0.2, 0) is 0 Å². The third-order valence-electron chi connectivity index (χ3n) is 5.23. The normalized spacial score (nSPS) is 20.7. The van der Waals surface area contributed by atoms with Gasteiger partial charge in [-0.15, -0.1) is 0 Å². The van der Waals surface area contributed by atoms with Gasteiger partial charge in [-0.3, -0.25) is 4.79 Å². The zero-order chi connectivity index (χ0) is 20.8. The summed E-state index contributed by atoms with van der Waals surface area (Å²) in [7, 11) is 0. The number of halogens is 1. The Hall–Kier alpha value is -2.93. The highest BCUT2D eigenvalue weighted by Crippen LogP contribution is 2.40. The number of benzene rings is 2. The number of nitrogens with one attached hydrogen (secondary N) is 2. The molecule has 0 spiro atoms. The van der Waals surface area contributed by atoms with Crippen molar-refractivity contribution in [3.8, 4) is 0 Å². The number of nitrogens with zero attached hydrogens (tertiary/aromatic N) is 1. The molecule has 2 aromatic carbocycles. The molecule has 0 aliphatic carbocycles. The van der Waals surface area contributed by atoms with Crippen molar-refractivity contribution in [1.29, 1.82) is 0 Å². The quantitative estimate of drug-likeness (QED) is 0.669. The molecule has 0 aromatic heterocycles. The number of aliphatic hydroxyl groups excluding tert-OH is 1. The molecule has 2 aromatic rings. The molecule has 1 aliphatic rings. The van der Waals surface area contributed by atoms with Gasteiger partial charge in [0.1, 0.15) is 5.82 Å². The molecule has 3 N–H and O–H groups in total. The Labute approximate surface area is 169 Å². The highest BCUT2D eigenvalue weighted by Gasteiger charge is 2.51. The molecule has 0 radical (unpaired) electrons. The second-order valence-electron chi connectivity index (χ2n) is 7.11. The highest BCUT2D eigenvalue weighted by atomic mass is 19.1. The Balaban J connectivity index is 1.77. The van der Waals surface area contributed by atoms with Crippen LogP contribution in [0.1, 0.15) is 35.2 Å². The number of carbonyl (C=O) groups is 2. The van der Waals surface area contributed by atoms with Crippen molar-refractivity contribution < 1.29 is 19.1 Å². The van der Waals surface area contributed by atoms with Crippen LogP contribution in [0.2, 0.25) is 0 Å². The summed E-state index contributed by atoms with van der Waals surface area (Å²) < 4.78 is 13.4. The van der Waals surface area contributed by atoms with Crippen molar-refractivity contribution in [2.45, 2.75) is 31.3 Å². The van der Waals surface area contributed by atoms with Gasteiger partial charge >= 0.3 is 6.03 Å². The highest BCUT2D eigenvalue weighted by molar-refractivity contribution is 5.94. The molecule has 7 heteroatoms. The summed E-state index contributed by atoms with van der Waals surface area (Å²) in [5.74, 6) is -0.997. The van der Waals surface area contributed by atoms with Gasteiger partial charge < -0.3 is 20.6 Å². The average molecular weight is 399 g/mol. The van der Waals surface area contributed by atoms with Gasteiger partial charge in [0.25, 0.3) is 5.91 Å². The fourth-order valence-corrected chi connectivity index (χ4v) is 3.85. The standard InChI is InChI=1S/C22H26FN3O3/c1-2-11-24-22(29)26-18(13-25-21(28)16-9-6-10-17(23)12-16)20(19(26)14-27)15-7-4-3-5-8-15/h3-10,12,18-20,27H,2,11,13-14H2,1H3,(H,24,29)(H,25,28)/t18-,19+,20+/m0/s1. The van der Waals surface area contributed by atoms with E-state index >= 15 is 0 Å². The molecule has 3 amide bonds. The van der Waals surface area contributed by atoms with Crippen molar-refractivity contribution in [2.75, 3.05) is 19.7 Å². The Kier molecular flexibility index (Phi) is 6.82. The van der Waals surface area contributed by atoms with Gasteiger partial charge in [0.2, 0.25) is 0 Å². The van der Waals surface area contributed by atoms with Crippen molar-refractivity contribution in [3.05, 3.63) is 71.5 Å². The molecule has 1 saturated heterocycles. The zero-order valence-corrected chi connectivity index (χ0v) is 16.3. The number of rotatable bonds is 7. The summed E-state index contributed by atoms with van der Waals surface area (Å²) >= 11 is 0. The van der Waals surface area contributed by atoms with Crippen molar-refractivity contribution in [3.63, 3.8) is 0 Å². The number of amides is 3. The van der Waals surface area contributed by atoms with E-state index in [0.717, 1.165) is 12.0 Å². The lowest BCUT2D eigenvalue weighted by atomic mass is 9.75. The summed E-state index contributed by atoms with van der Waals surface area (Å²) in [5.41, 5.74) is 1.22. The van der Waals surface area contributed by atoms with Gasteiger partial charge in [-0.05, 0) is 30.2 Å². The summed E-state index contributed by atoms with van der Waals surface area (Å²) in [6.45, 7) is 2.52. The third kappa shape index (κ3) is 4.56. The predicted octanol–water partition coefficient (Wildman–Crippen LogP) is 2.50. The molecular weight excluding hydrogens is 373 g/mol. The minimum Gasteiger partial charge on any atom is -0.394 e. The molecule has 3 atom stereocenters. The van der Waals surface area contributed by atoms with Gasteiger partial charge in [-0.25, -0.2) is 9.18 Å². The summed E-state index contributed by atoms with van der Waals surface area (Å²) in [6.07, 6.45) is 0.798. The number of hydrogen-bond donors (Lipinski definition) is 3. The minimum absolute atomic E-state index is 0.110. The van der Waals surface area contributed by atoms with Crippen molar-refractivity contribution >= 4 is 11.9 Å². The third-order valence-corrected chi connectivity index (χ3v) is 5.23. The van der Waals surface area contributed by atoms with E-state index in [-0.39, 0.29) is 42.7 Å². The first-order valence-corrected chi connectivity index (χ1v) is 9.82. The maximum absolute atomic E-state index is 13.4. The lowest BCUT2D eigenvalue weighted by Gasteiger charge is -2.54. The topological polar surface area (TPSA) is 81.7 Å². The first-order chi connectivity index (χ1) is 14.1. The van der Waals surface area contributed by atoms with E-state index in [9.17, 15) is 19.1 Å². The van der Waals surface area contributed by atoms with Gasteiger partial charge in [0, 0.05) is 24.6 Å². The maximum atomic E-state index is 13.4. The Morgan fingerprint density at radius 3 is 2.48 bits per heavy atom. The number of hydrogen-bond acceptors (Lipinski definition) is 3. The van der Waals surface area contributed by atoms with Gasteiger partial charge in [0.05, 0.1) is 18.7 Å². The monoisotopic (exact) mass is 399 g/mol.